The molecule has 1 heterocycles. The number of hydrogen-bond donors (Lipinski definition) is 1. The molecule has 0 aliphatic heterocycles. The molecule has 0 fully saturated rings. The van der Waals surface area contributed by atoms with Crippen molar-refractivity contribution in [2.24, 2.45) is 0 Å². The quantitative estimate of drug-likeness (QED) is 0.631. The number of ether oxygens (including phenoxy) is 1. The highest BCUT2D eigenvalue weighted by atomic mass is 32.1. The minimum absolute atomic E-state index is 0.0235. The van der Waals surface area contributed by atoms with E-state index in [-0.39, 0.29) is 18.4 Å². The van der Waals surface area contributed by atoms with Gasteiger partial charge in [-0.15, -0.1) is 11.3 Å². The summed E-state index contributed by atoms with van der Waals surface area (Å²) in [5.74, 6) is 0.786. The fourth-order valence-corrected chi connectivity index (χ4v) is 3.88. The number of carbonyl (C=O) groups is 1. The zero-order valence-corrected chi connectivity index (χ0v) is 17.2. The summed E-state index contributed by atoms with van der Waals surface area (Å²) in [6.45, 7) is 0.502. The number of carbonyl (C=O) groups excluding carboxylic acids is 1. The minimum atomic E-state index is -0.0355. The molecule has 0 saturated heterocycles. The SMILES string of the molecule is COc1ccccc1C(CNC(=O)Cc1csc(-c2ccccc2)n1)N(C)C. The predicted molar refractivity (Wildman–Crippen MR) is 114 cm³/mol. The molecule has 3 aromatic rings. The average Bonchev–Trinajstić information content (AvgIpc) is 3.17. The Labute approximate surface area is 170 Å². The zero-order valence-electron chi connectivity index (χ0n) is 16.4. The number of likely N-dealkylation sites (N-methyl/N-ethyl adjacent to an activating group) is 1. The van der Waals surface area contributed by atoms with Gasteiger partial charge in [0.2, 0.25) is 5.91 Å². The first-order chi connectivity index (χ1) is 13.6. The second kappa shape index (κ2) is 9.48. The summed E-state index contributed by atoms with van der Waals surface area (Å²) < 4.78 is 5.48. The molecule has 1 unspecified atom stereocenters. The summed E-state index contributed by atoms with van der Waals surface area (Å²) in [5.41, 5.74) is 2.92. The van der Waals surface area contributed by atoms with Gasteiger partial charge >= 0.3 is 0 Å². The standard InChI is InChI=1S/C22H25N3O2S/c1-25(2)19(18-11-7-8-12-20(18)27-3)14-23-21(26)13-17-15-28-22(24-17)16-9-5-4-6-10-16/h4-12,15,19H,13-14H2,1-3H3,(H,23,26). The maximum Gasteiger partial charge on any atom is 0.226 e. The summed E-state index contributed by atoms with van der Waals surface area (Å²) in [5, 5.41) is 5.92. The number of methoxy groups -OCH3 is 1. The van der Waals surface area contributed by atoms with Crippen LogP contribution < -0.4 is 10.1 Å². The molecule has 0 aliphatic carbocycles. The third kappa shape index (κ3) is 4.97. The van der Waals surface area contributed by atoms with Gasteiger partial charge in [0.15, 0.2) is 0 Å². The predicted octanol–water partition coefficient (Wildman–Crippen LogP) is 3.78. The van der Waals surface area contributed by atoms with Crippen LogP contribution in [0.25, 0.3) is 10.6 Å². The van der Waals surface area contributed by atoms with Crippen molar-refractivity contribution in [2.75, 3.05) is 27.7 Å². The van der Waals surface area contributed by atoms with Crippen LogP contribution in [-0.4, -0.2) is 43.5 Å². The Hall–Kier alpha value is -2.70. The monoisotopic (exact) mass is 395 g/mol. The molecule has 1 atom stereocenters. The first-order valence-electron chi connectivity index (χ1n) is 9.14. The second-order valence-corrected chi connectivity index (χ2v) is 7.57. The van der Waals surface area contributed by atoms with E-state index in [0.717, 1.165) is 27.6 Å². The maximum absolute atomic E-state index is 12.5. The largest absolute Gasteiger partial charge is 0.496 e. The Kier molecular flexibility index (Phi) is 6.79. The van der Waals surface area contributed by atoms with Gasteiger partial charge in [0, 0.05) is 23.1 Å². The molecule has 0 spiro atoms. The first-order valence-corrected chi connectivity index (χ1v) is 10.0. The molecule has 5 nitrogen and oxygen atoms in total. The van der Waals surface area contributed by atoms with Crippen molar-refractivity contribution in [1.82, 2.24) is 15.2 Å². The maximum atomic E-state index is 12.5. The van der Waals surface area contributed by atoms with E-state index < -0.39 is 0 Å². The highest BCUT2D eigenvalue weighted by Crippen LogP contribution is 2.27. The van der Waals surface area contributed by atoms with Crippen molar-refractivity contribution in [1.29, 1.82) is 0 Å². The fraction of sp³-hybridized carbons (Fsp3) is 0.273. The number of benzene rings is 2. The van der Waals surface area contributed by atoms with Gasteiger partial charge in [0.1, 0.15) is 10.8 Å². The lowest BCUT2D eigenvalue weighted by molar-refractivity contribution is -0.120. The molecule has 0 saturated carbocycles. The Balaban J connectivity index is 1.62. The summed E-state index contributed by atoms with van der Waals surface area (Å²) in [6, 6.07) is 17.9. The number of thiazole rings is 1. The fourth-order valence-electron chi connectivity index (χ4n) is 3.05. The molecular weight excluding hydrogens is 370 g/mol. The smallest absolute Gasteiger partial charge is 0.226 e. The molecule has 146 valence electrons. The molecule has 2 aromatic carbocycles. The number of rotatable bonds is 8. The molecule has 0 bridgehead atoms. The van der Waals surface area contributed by atoms with E-state index in [1.165, 1.54) is 0 Å². The van der Waals surface area contributed by atoms with Gasteiger partial charge in [0.05, 0.1) is 25.3 Å². The highest BCUT2D eigenvalue weighted by Gasteiger charge is 2.19. The summed E-state index contributed by atoms with van der Waals surface area (Å²) in [4.78, 5) is 19.1. The van der Waals surface area contributed by atoms with E-state index in [2.05, 4.69) is 15.2 Å². The van der Waals surface area contributed by atoms with Gasteiger partial charge in [-0.05, 0) is 20.2 Å². The van der Waals surface area contributed by atoms with E-state index in [1.54, 1.807) is 18.4 Å². The van der Waals surface area contributed by atoms with Crippen LogP contribution >= 0.6 is 11.3 Å². The Bertz CT molecular complexity index is 909. The molecule has 1 amide bonds. The molecule has 28 heavy (non-hydrogen) atoms. The normalized spacial score (nSPS) is 12.0. The Morgan fingerprint density at radius 3 is 2.57 bits per heavy atom. The van der Waals surface area contributed by atoms with Gasteiger partial charge in [-0.25, -0.2) is 4.98 Å². The minimum Gasteiger partial charge on any atom is -0.496 e. The topological polar surface area (TPSA) is 54.5 Å². The molecular formula is C22H25N3O2S. The molecule has 0 radical (unpaired) electrons. The van der Waals surface area contributed by atoms with E-state index in [1.807, 2.05) is 74.1 Å². The van der Waals surface area contributed by atoms with Crippen LogP contribution in [-0.2, 0) is 11.2 Å². The number of amides is 1. The average molecular weight is 396 g/mol. The van der Waals surface area contributed by atoms with Crippen molar-refractivity contribution < 1.29 is 9.53 Å². The van der Waals surface area contributed by atoms with Gasteiger partial charge in [-0.1, -0.05) is 48.5 Å². The van der Waals surface area contributed by atoms with Crippen molar-refractivity contribution in [3.63, 3.8) is 0 Å². The molecule has 1 N–H and O–H groups in total. The number of nitrogens with one attached hydrogen (secondary N) is 1. The first kappa shape index (κ1) is 20.0. The number of para-hydroxylation sites is 1. The third-order valence-electron chi connectivity index (χ3n) is 4.53. The van der Waals surface area contributed by atoms with Gasteiger partial charge in [0.25, 0.3) is 0 Å². The van der Waals surface area contributed by atoms with Crippen LogP contribution in [0.15, 0.2) is 60.0 Å². The number of aromatic nitrogens is 1. The lowest BCUT2D eigenvalue weighted by atomic mass is 10.0. The van der Waals surface area contributed by atoms with Gasteiger partial charge < -0.3 is 15.0 Å². The van der Waals surface area contributed by atoms with Crippen LogP contribution in [0.4, 0.5) is 0 Å². The summed E-state index contributed by atoms with van der Waals surface area (Å²) in [6.07, 6.45) is 0.273. The van der Waals surface area contributed by atoms with Crippen molar-refractivity contribution in [3.05, 3.63) is 71.2 Å². The molecule has 0 aliphatic rings. The third-order valence-corrected chi connectivity index (χ3v) is 5.47. The Morgan fingerprint density at radius 2 is 1.86 bits per heavy atom. The van der Waals surface area contributed by atoms with E-state index in [9.17, 15) is 4.79 Å². The number of hydrogen-bond acceptors (Lipinski definition) is 5. The second-order valence-electron chi connectivity index (χ2n) is 6.71. The lowest BCUT2D eigenvalue weighted by Crippen LogP contribution is -2.35. The van der Waals surface area contributed by atoms with Gasteiger partial charge in [-0.2, -0.15) is 0 Å². The van der Waals surface area contributed by atoms with E-state index in [0.29, 0.717) is 6.54 Å². The van der Waals surface area contributed by atoms with Crippen LogP contribution in [0.5, 0.6) is 5.75 Å². The lowest BCUT2D eigenvalue weighted by Gasteiger charge is -2.26. The number of nitrogens with zero attached hydrogens (tertiary/aromatic N) is 2. The van der Waals surface area contributed by atoms with Crippen LogP contribution in [0.3, 0.4) is 0 Å². The Morgan fingerprint density at radius 1 is 1.14 bits per heavy atom. The van der Waals surface area contributed by atoms with Crippen molar-refractivity contribution in [2.45, 2.75) is 12.5 Å². The van der Waals surface area contributed by atoms with Crippen LogP contribution in [0, 0.1) is 0 Å². The van der Waals surface area contributed by atoms with Crippen LogP contribution in [0.1, 0.15) is 17.3 Å². The highest BCUT2D eigenvalue weighted by molar-refractivity contribution is 7.13. The summed E-state index contributed by atoms with van der Waals surface area (Å²) in [7, 11) is 5.66. The summed E-state index contributed by atoms with van der Waals surface area (Å²) >= 11 is 1.56. The van der Waals surface area contributed by atoms with Crippen molar-refractivity contribution in [3.8, 4) is 16.3 Å². The van der Waals surface area contributed by atoms with E-state index >= 15 is 0 Å². The van der Waals surface area contributed by atoms with Crippen molar-refractivity contribution >= 4 is 17.2 Å². The zero-order chi connectivity index (χ0) is 19.9. The molecule has 1 aromatic heterocycles. The molecule has 3 rings (SSSR count). The van der Waals surface area contributed by atoms with Crippen LogP contribution in [0.2, 0.25) is 0 Å². The van der Waals surface area contributed by atoms with E-state index in [4.69, 9.17) is 4.74 Å². The molecule has 6 heteroatoms. The van der Waals surface area contributed by atoms with Gasteiger partial charge in [-0.3, -0.25) is 4.79 Å².